The van der Waals surface area contributed by atoms with Crippen LogP contribution in [-0.2, 0) is 24.0 Å². The van der Waals surface area contributed by atoms with Crippen molar-refractivity contribution in [2.24, 2.45) is 29.1 Å². The molecule has 1 aromatic rings. The second-order valence-corrected chi connectivity index (χ2v) is 15.4. The molecule has 5 amide bonds. The number of rotatable bonds is 15. The van der Waals surface area contributed by atoms with Gasteiger partial charge in [-0.05, 0) is 61.2 Å². The van der Waals surface area contributed by atoms with E-state index in [-0.39, 0.29) is 53.7 Å². The summed E-state index contributed by atoms with van der Waals surface area (Å²) in [7, 11) is 0. The monoisotopic (exact) mass is 705 g/mol. The Morgan fingerprint density at radius 3 is 2.16 bits per heavy atom. The lowest BCUT2D eigenvalue weighted by molar-refractivity contribution is -0.146. The zero-order valence-electron chi connectivity index (χ0n) is 30.3. The smallest absolute Gasteiger partial charge is 0.289 e. The number of hydrogen-bond acceptors (Lipinski definition) is 8. The Hall–Kier alpha value is -4.16. The lowest BCUT2D eigenvalue weighted by Gasteiger charge is -2.38. The fourth-order valence-corrected chi connectivity index (χ4v) is 8.80. The average molecular weight is 706 g/mol. The summed E-state index contributed by atoms with van der Waals surface area (Å²) in [5.41, 5.74) is -0.0817. The van der Waals surface area contributed by atoms with E-state index >= 15 is 0 Å². The van der Waals surface area contributed by atoms with Gasteiger partial charge in [-0.15, -0.1) is 6.58 Å². The normalized spacial score (nSPS) is 24.6. The van der Waals surface area contributed by atoms with Crippen molar-refractivity contribution < 1.29 is 28.8 Å². The topological polar surface area (TPSA) is 180 Å². The van der Waals surface area contributed by atoms with Gasteiger partial charge in [0.1, 0.15) is 23.8 Å². The van der Waals surface area contributed by atoms with Gasteiger partial charge in [-0.3, -0.25) is 33.8 Å². The molecule has 0 bridgehead atoms. The maximum absolute atomic E-state index is 14.8. The molecule has 0 spiro atoms. The van der Waals surface area contributed by atoms with Crippen LogP contribution in [0.2, 0.25) is 0 Å². The molecule has 4 fully saturated rings. The summed E-state index contributed by atoms with van der Waals surface area (Å²) in [6.07, 6.45) is 15.5. The van der Waals surface area contributed by atoms with E-state index in [1.54, 1.807) is 4.90 Å². The number of ketones is 1. The van der Waals surface area contributed by atoms with Gasteiger partial charge in [-0.25, -0.2) is 4.98 Å². The molecule has 3 saturated carbocycles. The first kappa shape index (κ1) is 38.1. The highest BCUT2D eigenvalue weighted by Gasteiger charge is 2.69. The first-order valence-electron chi connectivity index (χ1n) is 18.9. The van der Waals surface area contributed by atoms with E-state index in [2.05, 4.69) is 51.7 Å². The highest BCUT2D eigenvalue weighted by molar-refractivity contribution is 6.38. The molecule has 1 saturated heterocycles. The second-order valence-electron chi connectivity index (χ2n) is 15.4. The minimum absolute atomic E-state index is 0.0809. The van der Waals surface area contributed by atoms with E-state index in [4.69, 9.17) is 0 Å². The van der Waals surface area contributed by atoms with Crippen molar-refractivity contribution in [3.8, 4) is 0 Å². The molecule has 13 heteroatoms. The van der Waals surface area contributed by atoms with Crippen LogP contribution in [-0.4, -0.2) is 87.4 Å². The van der Waals surface area contributed by atoms with E-state index in [0.717, 1.165) is 64.2 Å². The van der Waals surface area contributed by atoms with Crippen LogP contribution in [0.1, 0.15) is 108 Å². The highest BCUT2D eigenvalue weighted by Crippen LogP contribution is 2.65. The molecule has 6 atom stereocenters. The highest BCUT2D eigenvalue weighted by atomic mass is 16.2. The maximum atomic E-state index is 14.8. The third kappa shape index (κ3) is 8.66. The van der Waals surface area contributed by atoms with Crippen LogP contribution in [0.5, 0.6) is 0 Å². The molecule has 5 rings (SSSR count). The van der Waals surface area contributed by atoms with Crippen molar-refractivity contribution in [3.63, 3.8) is 0 Å². The maximum Gasteiger partial charge on any atom is 0.289 e. The van der Waals surface area contributed by atoms with Crippen molar-refractivity contribution in [1.29, 1.82) is 0 Å². The third-order valence-corrected chi connectivity index (χ3v) is 11.8. The molecule has 278 valence electrons. The largest absolute Gasteiger partial charge is 0.346 e. The van der Waals surface area contributed by atoms with Gasteiger partial charge >= 0.3 is 0 Å². The van der Waals surface area contributed by atoms with Crippen molar-refractivity contribution in [2.75, 3.05) is 13.1 Å². The van der Waals surface area contributed by atoms with Gasteiger partial charge in [0, 0.05) is 25.5 Å². The lowest BCUT2D eigenvalue weighted by Crippen LogP contribution is -2.61. The Balaban J connectivity index is 1.39. The third-order valence-electron chi connectivity index (χ3n) is 11.8. The van der Waals surface area contributed by atoms with Crippen LogP contribution < -0.4 is 21.3 Å². The Morgan fingerprint density at radius 1 is 0.922 bits per heavy atom. The van der Waals surface area contributed by atoms with E-state index in [9.17, 15) is 28.8 Å². The Bertz CT molecular complexity index is 1460. The van der Waals surface area contributed by atoms with Gasteiger partial charge in [0.05, 0.1) is 12.2 Å². The van der Waals surface area contributed by atoms with Crippen molar-refractivity contribution in [1.82, 2.24) is 36.1 Å². The summed E-state index contributed by atoms with van der Waals surface area (Å²) in [5, 5.41) is 11.4. The molecule has 0 aromatic carbocycles. The van der Waals surface area contributed by atoms with Gasteiger partial charge in [-0.1, -0.05) is 71.8 Å². The van der Waals surface area contributed by atoms with Gasteiger partial charge in [0.25, 0.3) is 11.8 Å². The fourth-order valence-electron chi connectivity index (χ4n) is 8.80. The van der Waals surface area contributed by atoms with Crippen LogP contribution >= 0.6 is 0 Å². The number of nitrogens with one attached hydrogen (secondary N) is 4. The van der Waals surface area contributed by atoms with E-state index < -0.39 is 53.6 Å². The number of nitrogens with zero attached hydrogens (tertiary/aromatic N) is 3. The van der Waals surface area contributed by atoms with E-state index in [1.165, 1.54) is 24.7 Å². The summed E-state index contributed by atoms with van der Waals surface area (Å²) in [5.74, 6) is -3.50. The number of aromatic nitrogens is 2. The number of fused-ring (bicyclic) bond motifs is 1. The molecule has 4 aliphatic rings. The predicted molar refractivity (Wildman–Crippen MR) is 190 cm³/mol. The Labute approximate surface area is 300 Å². The van der Waals surface area contributed by atoms with Gasteiger partial charge < -0.3 is 26.2 Å². The molecule has 0 radical (unpaired) electrons. The summed E-state index contributed by atoms with van der Waals surface area (Å²) < 4.78 is 0. The summed E-state index contributed by atoms with van der Waals surface area (Å²) >= 11 is 0. The zero-order chi connectivity index (χ0) is 36.7. The van der Waals surface area contributed by atoms with Crippen molar-refractivity contribution in [3.05, 3.63) is 36.9 Å². The molecule has 4 N–H and O–H groups in total. The Morgan fingerprint density at radius 2 is 1.57 bits per heavy atom. The standard InChI is InChI=1S/C38H55N7O6/c1-5-13-26(32(46)36(50)41-18-6-2)42-35(49)31-28-25(38(28,3)4)22-45(31)37(51)30(24-16-11-8-12-17-24)44-34(48)29(23-14-9-7-10-15-23)43-33(47)27-21-39-19-20-40-27/h6,19-21,23-26,28-31H,2,5,7-18,22H2,1,3-4H3,(H,41,50)(H,42,49)(H,43,47)(H,44,48)/t25-,26?,28-,29-,30-,31-/m0/s1. The number of amides is 5. The summed E-state index contributed by atoms with van der Waals surface area (Å²) in [6.45, 7) is 10.1. The van der Waals surface area contributed by atoms with Crippen LogP contribution in [0.4, 0.5) is 0 Å². The number of piperidine rings is 1. The van der Waals surface area contributed by atoms with Gasteiger partial charge in [0.15, 0.2) is 0 Å². The van der Waals surface area contributed by atoms with Crippen LogP contribution in [0.25, 0.3) is 0 Å². The molecule has 1 unspecified atom stereocenters. The molecule has 51 heavy (non-hydrogen) atoms. The zero-order valence-corrected chi connectivity index (χ0v) is 30.3. The number of carbonyl (C=O) groups is 6. The fraction of sp³-hybridized carbons (Fsp3) is 0.684. The van der Waals surface area contributed by atoms with Crippen molar-refractivity contribution >= 4 is 35.3 Å². The van der Waals surface area contributed by atoms with Crippen molar-refractivity contribution in [2.45, 2.75) is 122 Å². The summed E-state index contributed by atoms with van der Waals surface area (Å²) in [6, 6.07) is -3.63. The van der Waals surface area contributed by atoms with Gasteiger partial charge in [0.2, 0.25) is 23.5 Å². The molecular weight excluding hydrogens is 650 g/mol. The van der Waals surface area contributed by atoms with Crippen LogP contribution in [0, 0.1) is 29.1 Å². The minimum Gasteiger partial charge on any atom is -0.346 e. The predicted octanol–water partition coefficient (Wildman–Crippen LogP) is 2.86. The molecule has 3 aliphatic carbocycles. The van der Waals surface area contributed by atoms with Crippen LogP contribution in [0.15, 0.2) is 31.2 Å². The lowest BCUT2D eigenvalue weighted by atomic mass is 9.81. The van der Waals surface area contributed by atoms with Gasteiger partial charge in [-0.2, -0.15) is 0 Å². The number of Topliss-reactive ketones (excluding diaryl/α,β-unsaturated/α-hetero) is 1. The van der Waals surface area contributed by atoms with E-state index in [0.29, 0.717) is 13.0 Å². The molecule has 2 heterocycles. The number of hydrogen-bond donors (Lipinski definition) is 4. The summed E-state index contributed by atoms with van der Waals surface area (Å²) in [4.78, 5) is 91.9. The minimum atomic E-state index is -1.03. The number of likely N-dealkylation sites (tertiary alicyclic amines) is 1. The van der Waals surface area contributed by atoms with E-state index in [1.807, 2.05) is 6.92 Å². The first-order chi connectivity index (χ1) is 24.5. The molecular formula is C38H55N7O6. The molecule has 1 aromatic heterocycles. The average Bonchev–Trinajstić information content (AvgIpc) is 3.45. The molecule has 13 nitrogen and oxygen atoms in total. The first-order valence-corrected chi connectivity index (χ1v) is 18.9. The number of carbonyl (C=O) groups excluding carboxylic acids is 6. The SMILES string of the molecule is C=CCNC(=O)C(=O)C(CCC)NC(=O)[C@@H]1[C@@H]2[C@H](CN1C(=O)[C@@H](NC(=O)[C@@H](NC(=O)c1cnccn1)C1CCCCC1)C1CCCCC1)C2(C)C. The van der Waals surface area contributed by atoms with Crippen LogP contribution in [0.3, 0.4) is 0 Å². The molecule has 1 aliphatic heterocycles. The second kappa shape index (κ2) is 16.9. The quantitative estimate of drug-likeness (QED) is 0.159. The Kier molecular flexibility index (Phi) is 12.6.